The van der Waals surface area contributed by atoms with Crippen molar-refractivity contribution in [3.05, 3.63) is 66.2 Å². The quantitative estimate of drug-likeness (QED) is 0.414. The van der Waals surface area contributed by atoms with Crippen LogP contribution in [0.25, 0.3) is 27.6 Å². The fourth-order valence-corrected chi connectivity index (χ4v) is 4.00. The van der Waals surface area contributed by atoms with E-state index in [9.17, 15) is 9.59 Å². The molecule has 2 amide bonds. The summed E-state index contributed by atoms with van der Waals surface area (Å²) in [6, 6.07) is 15.6. The molecule has 0 aliphatic carbocycles. The van der Waals surface area contributed by atoms with E-state index in [4.69, 9.17) is 14.2 Å². The third-order valence-corrected chi connectivity index (χ3v) is 5.52. The van der Waals surface area contributed by atoms with Crippen molar-refractivity contribution in [1.29, 1.82) is 0 Å². The maximum atomic E-state index is 12.9. The number of carbonyl (C=O) groups excluding carboxylic acids is 2. The molecule has 1 fully saturated rings. The maximum Gasteiger partial charge on any atom is 0.338 e. The number of ether oxygens (including phenoxy) is 3. The Morgan fingerprint density at radius 2 is 1.53 bits per heavy atom. The number of amides is 2. The Morgan fingerprint density at radius 1 is 0.938 bits per heavy atom. The molecule has 0 spiro atoms. The van der Waals surface area contributed by atoms with Gasteiger partial charge in [-0.05, 0) is 57.4 Å². The van der Waals surface area contributed by atoms with Crippen LogP contribution in [0.5, 0.6) is 0 Å². The molecule has 0 saturated carbocycles. The van der Waals surface area contributed by atoms with Crippen molar-refractivity contribution in [3.63, 3.8) is 0 Å². The maximum absolute atomic E-state index is 12.9. The van der Waals surface area contributed by atoms with Gasteiger partial charge in [-0.1, -0.05) is 30.9 Å². The summed E-state index contributed by atoms with van der Waals surface area (Å²) in [6.45, 7) is 4.58. The van der Waals surface area contributed by atoms with Crippen LogP contribution in [0.1, 0.15) is 15.9 Å². The van der Waals surface area contributed by atoms with E-state index in [1.807, 2.05) is 24.3 Å². The van der Waals surface area contributed by atoms with E-state index in [0.29, 0.717) is 5.56 Å². The summed E-state index contributed by atoms with van der Waals surface area (Å²) in [5, 5.41) is 4.20. The van der Waals surface area contributed by atoms with Gasteiger partial charge >= 0.3 is 12.0 Å². The van der Waals surface area contributed by atoms with E-state index in [1.165, 1.54) is 24.0 Å². The van der Waals surface area contributed by atoms with Gasteiger partial charge in [-0.25, -0.2) is 9.59 Å². The first-order chi connectivity index (χ1) is 15.5. The zero-order valence-electron chi connectivity index (χ0n) is 18.2. The van der Waals surface area contributed by atoms with Gasteiger partial charge in [0.25, 0.3) is 0 Å². The van der Waals surface area contributed by atoms with Gasteiger partial charge in [0.2, 0.25) is 0 Å². The summed E-state index contributed by atoms with van der Waals surface area (Å²) < 4.78 is 16.0. The molecule has 1 heterocycles. The molecule has 0 radical (unpaired) electrons. The fraction of sp³-hybridized carbons (Fsp3) is 0.280. The average molecular weight is 434 g/mol. The molecule has 0 unspecified atom stereocenters. The molecule has 166 valence electrons. The third kappa shape index (κ3) is 4.44. The highest BCUT2D eigenvalue weighted by Crippen LogP contribution is 2.26. The van der Waals surface area contributed by atoms with Crippen LogP contribution in [0.15, 0.2) is 55.1 Å². The summed E-state index contributed by atoms with van der Waals surface area (Å²) in [7, 11) is 3.03. The molecule has 32 heavy (non-hydrogen) atoms. The van der Waals surface area contributed by atoms with Crippen LogP contribution >= 0.6 is 0 Å². The zero-order valence-corrected chi connectivity index (χ0v) is 18.2. The number of urea groups is 1. The summed E-state index contributed by atoms with van der Waals surface area (Å²) in [4.78, 5) is 28.3. The van der Waals surface area contributed by atoms with Crippen molar-refractivity contribution in [3.8, 4) is 0 Å². The summed E-state index contributed by atoms with van der Waals surface area (Å²) in [6.07, 6.45) is 1.32. The van der Waals surface area contributed by atoms with Crippen molar-refractivity contribution >= 4 is 39.6 Å². The highest BCUT2D eigenvalue weighted by atomic mass is 16.5. The summed E-state index contributed by atoms with van der Waals surface area (Å²) >= 11 is 0. The molecule has 3 aromatic carbocycles. The van der Waals surface area contributed by atoms with Crippen LogP contribution in [0.3, 0.4) is 0 Å². The van der Waals surface area contributed by atoms with Gasteiger partial charge in [0.05, 0.1) is 18.7 Å². The second kappa shape index (κ2) is 9.38. The number of carbonyl (C=O) groups is 2. The highest BCUT2D eigenvalue weighted by molar-refractivity contribution is 6.02. The highest BCUT2D eigenvalue weighted by Gasteiger charge is 2.34. The summed E-state index contributed by atoms with van der Waals surface area (Å²) in [5.41, 5.74) is 1.51. The molecular weight excluding hydrogens is 408 g/mol. The predicted octanol–water partition coefficient (Wildman–Crippen LogP) is 4.11. The van der Waals surface area contributed by atoms with Gasteiger partial charge in [-0.2, -0.15) is 0 Å². The molecule has 0 aromatic heterocycles. The lowest BCUT2D eigenvalue weighted by Gasteiger charge is -2.38. The van der Waals surface area contributed by atoms with Gasteiger partial charge in [-0.3, -0.25) is 9.80 Å². The van der Waals surface area contributed by atoms with Crippen molar-refractivity contribution in [2.45, 2.75) is 6.10 Å². The van der Waals surface area contributed by atoms with E-state index in [-0.39, 0.29) is 32.6 Å². The Labute approximate surface area is 186 Å². The topological polar surface area (TPSA) is 68.3 Å². The first-order valence-electron chi connectivity index (χ1n) is 10.3. The minimum atomic E-state index is -0.493. The largest absolute Gasteiger partial charge is 0.455 e. The van der Waals surface area contributed by atoms with Crippen molar-refractivity contribution < 1.29 is 23.8 Å². The minimum Gasteiger partial charge on any atom is -0.455 e. The molecule has 0 atom stereocenters. The molecule has 7 heteroatoms. The van der Waals surface area contributed by atoms with Crippen LogP contribution < -0.4 is 0 Å². The molecule has 4 rings (SSSR count). The van der Waals surface area contributed by atoms with Crippen LogP contribution in [-0.4, -0.2) is 68.7 Å². The van der Waals surface area contributed by atoms with E-state index in [0.717, 1.165) is 27.1 Å². The van der Waals surface area contributed by atoms with Crippen LogP contribution in [0, 0.1) is 0 Å². The van der Waals surface area contributed by atoms with Gasteiger partial charge in [0.1, 0.15) is 19.6 Å². The van der Waals surface area contributed by atoms with Gasteiger partial charge < -0.3 is 14.2 Å². The van der Waals surface area contributed by atoms with E-state index in [1.54, 1.807) is 6.07 Å². The lowest BCUT2D eigenvalue weighted by molar-refractivity contribution is -0.0401. The first kappa shape index (κ1) is 21.8. The lowest BCUT2D eigenvalue weighted by Crippen LogP contribution is -2.57. The van der Waals surface area contributed by atoms with E-state index in [2.05, 4.69) is 30.8 Å². The smallest absolute Gasteiger partial charge is 0.338 e. The Hall–Kier alpha value is -3.42. The normalized spacial score (nSPS) is 14.9. The van der Waals surface area contributed by atoms with Gasteiger partial charge in [0.15, 0.2) is 0 Å². The van der Waals surface area contributed by atoms with Gasteiger partial charge in [0, 0.05) is 14.2 Å². The number of methoxy groups -OCH3 is 2. The minimum absolute atomic E-state index is 0.114. The van der Waals surface area contributed by atoms with Crippen LogP contribution in [-0.2, 0) is 14.2 Å². The molecule has 1 saturated heterocycles. The lowest BCUT2D eigenvalue weighted by atomic mass is 10.00. The average Bonchev–Trinajstić information content (AvgIpc) is 2.80. The molecule has 1 aliphatic rings. The van der Waals surface area contributed by atoms with E-state index >= 15 is 0 Å². The molecule has 0 N–H and O–H groups in total. The van der Waals surface area contributed by atoms with Crippen LogP contribution in [0.4, 0.5) is 4.79 Å². The number of nitrogens with zero attached hydrogens (tertiary/aromatic N) is 2. The number of benzene rings is 3. The molecule has 7 nitrogen and oxygen atoms in total. The Kier molecular flexibility index (Phi) is 6.39. The Balaban J connectivity index is 1.56. The molecule has 3 aromatic rings. The number of esters is 1. The summed E-state index contributed by atoms with van der Waals surface area (Å²) in [5.74, 6) is -0.430. The number of hydrogen-bond donors (Lipinski definition) is 0. The first-order valence-corrected chi connectivity index (χ1v) is 10.3. The van der Waals surface area contributed by atoms with Crippen LogP contribution in [0.2, 0.25) is 0 Å². The number of hydrogen-bond acceptors (Lipinski definition) is 5. The molecular formula is C25H26N2O5. The van der Waals surface area contributed by atoms with Gasteiger partial charge in [-0.15, -0.1) is 0 Å². The number of fused-ring (bicyclic) bond motifs is 2. The van der Waals surface area contributed by atoms with Crippen molar-refractivity contribution in [1.82, 2.24) is 9.80 Å². The predicted molar refractivity (Wildman–Crippen MR) is 123 cm³/mol. The fourth-order valence-electron chi connectivity index (χ4n) is 4.00. The molecule has 0 bridgehead atoms. The Morgan fingerprint density at radius 3 is 2.16 bits per heavy atom. The third-order valence-electron chi connectivity index (χ3n) is 5.52. The second-order valence-electron chi connectivity index (χ2n) is 7.82. The number of rotatable bonds is 7. The monoisotopic (exact) mass is 434 g/mol. The van der Waals surface area contributed by atoms with Crippen molar-refractivity contribution in [2.24, 2.45) is 0 Å². The zero-order chi connectivity index (χ0) is 22.7. The Bertz CT molecular complexity index is 1160. The second-order valence-corrected chi connectivity index (χ2v) is 7.82. The van der Waals surface area contributed by atoms with E-state index < -0.39 is 12.1 Å². The molecule has 1 aliphatic heterocycles. The van der Waals surface area contributed by atoms with Crippen molar-refractivity contribution in [2.75, 3.05) is 40.8 Å². The SMILES string of the molecule is C=Cc1ccc2cc3ccc(C(=O)OC4CN(COC)C(=O)N(COC)C4)cc3cc2c1. The standard InChI is InChI=1S/C25H26N2O5/c1-4-17-5-6-18-10-19-7-8-20(11-22(19)12-21(18)9-17)24(28)32-23-13-26(15-30-2)25(29)27(14-23)16-31-3/h4-12,23H,1,13-16H2,2-3H3.